The molecule has 0 aromatic heterocycles. The fourth-order valence-electron chi connectivity index (χ4n) is 0.257. The maximum absolute atomic E-state index is 8.19. The third-order valence-corrected chi connectivity index (χ3v) is 1.53. The number of hydrogen-bond acceptors (Lipinski definition) is 3. The number of oxime groups is 1. The molecule has 0 radical (unpaired) electrons. The predicted octanol–water partition coefficient (Wildman–Crippen LogP) is 0.787. The molecule has 0 unspecified atom stereocenters. The van der Waals surface area contributed by atoms with E-state index in [0.29, 0.717) is 0 Å². The normalized spacial score (nSPS) is 13.4. The Morgan fingerprint density at radius 3 is 2.00 bits per heavy atom. The first kappa shape index (κ1) is 8.43. The van der Waals surface area contributed by atoms with E-state index in [9.17, 15) is 0 Å². The van der Waals surface area contributed by atoms with Gasteiger partial charge >= 0.3 is 0 Å². The lowest BCUT2D eigenvalue weighted by molar-refractivity contribution is 0.262. The summed E-state index contributed by atoms with van der Waals surface area (Å²) < 4.78 is 0. The maximum Gasteiger partial charge on any atom is 0.0633 e. The highest BCUT2D eigenvalue weighted by Crippen LogP contribution is 2.04. The smallest absolute Gasteiger partial charge is 0.0633 e. The Balaban J connectivity index is 4.01. The van der Waals surface area contributed by atoms with Crippen molar-refractivity contribution >= 4 is 6.21 Å². The van der Waals surface area contributed by atoms with Crippen molar-refractivity contribution in [3.8, 4) is 0 Å². The van der Waals surface area contributed by atoms with Crippen LogP contribution in [0.2, 0.25) is 0 Å². The summed E-state index contributed by atoms with van der Waals surface area (Å²) in [7, 11) is 3.86. The minimum absolute atomic E-state index is 0.158. The van der Waals surface area contributed by atoms with Crippen LogP contribution in [0.15, 0.2) is 5.16 Å². The van der Waals surface area contributed by atoms with Crippen LogP contribution in [0.5, 0.6) is 0 Å². The highest BCUT2D eigenvalue weighted by molar-refractivity contribution is 5.67. The van der Waals surface area contributed by atoms with Crippen LogP contribution in [0.1, 0.15) is 13.8 Å². The molecule has 0 aliphatic carbocycles. The summed E-state index contributed by atoms with van der Waals surface area (Å²) in [4.78, 5) is 1.96. The molecule has 3 heteroatoms. The molecule has 0 aromatic carbocycles. The van der Waals surface area contributed by atoms with E-state index in [4.69, 9.17) is 5.21 Å². The number of hydrogen-bond donors (Lipinski definition) is 1. The van der Waals surface area contributed by atoms with Gasteiger partial charge in [0.05, 0.1) is 11.8 Å². The van der Waals surface area contributed by atoms with Crippen LogP contribution in [0.3, 0.4) is 0 Å². The highest BCUT2D eigenvalue weighted by atomic mass is 16.4. The van der Waals surface area contributed by atoms with E-state index >= 15 is 0 Å². The fourth-order valence-corrected chi connectivity index (χ4v) is 0.257. The van der Waals surface area contributed by atoms with E-state index in [1.807, 2.05) is 32.8 Å². The first-order chi connectivity index (χ1) is 4.00. The van der Waals surface area contributed by atoms with Gasteiger partial charge in [0.25, 0.3) is 0 Å². The van der Waals surface area contributed by atoms with Crippen molar-refractivity contribution in [2.24, 2.45) is 5.16 Å². The van der Waals surface area contributed by atoms with Crippen molar-refractivity contribution in [3.05, 3.63) is 0 Å². The molecule has 3 nitrogen and oxygen atoms in total. The Hall–Kier alpha value is -0.570. The Morgan fingerprint density at radius 2 is 1.89 bits per heavy atom. The van der Waals surface area contributed by atoms with Crippen molar-refractivity contribution in [2.45, 2.75) is 19.4 Å². The van der Waals surface area contributed by atoms with Gasteiger partial charge in [0.2, 0.25) is 0 Å². The van der Waals surface area contributed by atoms with Crippen molar-refractivity contribution in [1.82, 2.24) is 4.90 Å². The topological polar surface area (TPSA) is 35.8 Å². The monoisotopic (exact) mass is 130 g/mol. The van der Waals surface area contributed by atoms with Crippen molar-refractivity contribution in [3.63, 3.8) is 0 Å². The predicted molar refractivity (Wildman–Crippen MR) is 38.0 cm³/mol. The molecule has 0 atom stereocenters. The van der Waals surface area contributed by atoms with Crippen LogP contribution in [0.4, 0.5) is 0 Å². The molecule has 0 aromatic rings. The molecule has 54 valence electrons. The molecule has 0 fully saturated rings. The van der Waals surface area contributed by atoms with Gasteiger partial charge in [-0.25, -0.2) is 0 Å². The Bertz CT molecular complexity index is 108. The lowest BCUT2D eigenvalue weighted by Gasteiger charge is -2.27. The summed E-state index contributed by atoms with van der Waals surface area (Å²) >= 11 is 0. The Labute approximate surface area is 56.0 Å². The minimum Gasteiger partial charge on any atom is -0.411 e. The molecule has 0 rings (SSSR count). The largest absolute Gasteiger partial charge is 0.411 e. The molecule has 0 aliphatic heterocycles. The average molecular weight is 130 g/mol. The van der Waals surface area contributed by atoms with Crippen LogP contribution < -0.4 is 0 Å². The molecular weight excluding hydrogens is 116 g/mol. The van der Waals surface area contributed by atoms with Crippen LogP contribution >= 0.6 is 0 Å². The van der Waals surface area contributed by atoms with Crippen molar-refractivity contribution in [2.75, 3.05) is 14.1 Å². The van der Waals surface area contributed by atoms with E-state index in [1.165, 1.54) is 6.21 Å². The summed E-state index contributed by atoms with van der Waals surface area (Å²) in [6, 6.07) is 0. The van der Waals surface area contributed by atoms with E-state index in [2.05, 4.69) is 5.16 Å². The molecule has 0 heterocycles. The molecule has 0 saturated heterocycles. The third-order valence-electron chi connectivity index (χ3n) is 1.53. The lowest BCUT2D eigenvalue weighted by atomic mass is 10.1. The van der Waals surface area contributed by atoms with Crippen LogP contribution in [-0.4, -0.2) is 36.0 Å². The first-order valence-corrected chi connectivity index (χ1v) is 2.86. The van der Waals surface area contributed by atoms with E-state index in [0.717, 1.165) is 0 Å². The zero-order valence-electron chi connectivity index (χ0n) is 6.42. The standard InChI is InChI=1S/C6H14N2O/c1-6(2,5-7-9)8(3)4/h5,9H,1-4H3. The van der Waals surface area contributed by atoms with Gasteiger partial charge in [0.1, 0.15) is 0 Å². The zero-order chi connectivity index (χ0) is 7.49. The second-order valence-corrected chi connectivity index (χ2v) is 2.79. The van der Waals surface area contributed by atoms with E-state index in [-0.39, 0.29) is 5.54 Å². The molecule has 9 heavy (non-hydrogen) atoms. The average Bonchev–Trinajstić information content (AvgIpc) is 1.65. The zero-order valence-corrected chi connectivity index (χ0v) is 6.42. The summed E-state index contributed by atoms with van der Waals surface area (Å²) in [5, 5.41) is 11.2. The van der Waals surface area contributed by atoms with E-state index < -0.39 is 0 Å². The first-order valence-electron chi connectivity index (χ1n) is 2.86. The van der Waals surface area contributed by atoms with Crippen molar-refractivity contribution in [1.29, 1.82) is 0 Å². The quantitative estimate of drug-likeness (QED) is 0.341. The second kappa shape index (κ2) is 2.82. The Kier molecular flexibility index (Phi) is 2.65. The van der Waals surface area contributed by atoms with Crippen LogP contribution in [0, 0.1) is 0 Å². The van der Waals surface area contributed by atoms with Gasteiger partial charge in [0.15, 0.2) is 0 Å². The van der Waals surface area contributed by atoms with Gasteiger partial charge in [-0.05, 0) is 27.9 Å². The summed E-state index contributed by atoms with van der Waals surface area (Å²) in [5.74, 6) is 0. The van der Waals surface area contributed by atoms with Gasteiger partial charge in [-0.2, -0.15) is 0 Å². The summed E-state index contributed by atoms with van der Waals surface area (Å²) in [5.41, 5.74) is -0.158. The van der Waals surface area contributed by atoms with Gasteiger partial charge in [0, 0.05) is 0 Å². The third kappa shape index (κ3) is 2.46. The summed E-state index contributed by atoms with van der Waals surface area (Å²) in [6.45, 7) is 3.93. The Morgan fingerprint density at radius 1 is 1.44 bits per heavy atom. The number of rotatable bonds is 2. The molecule has 0 spiro atoms. The van der Waals surface area contributed by atoms with Gasteiger partial charge in [-0.1, -0.05) is 0 Å². The van der Waals surface area contributed by atoms with Gasteiger partial charge in [-0.3, -0.25) is 4.90 Å². The molecule has 0 amide bonds. The second-order valence-electron chi connectivity index (χ2n) is 2.79. The molecule has 0 saturated carbocycles. The number of nitrogens with zero attached hydrogens (tertiary/aromatic N) is 2. The SMILES string of the molecule is CN(C)C(C)(C)C=NO. The summed E-state index contributed by atoms with van der Waals surface area (Å²) in [6.07, 6.45) is 1.49. The maximum atomic E-state index is 8.19. The molecule has 0 aliphatic rings. The van der Waals surface area contributed by atoms with Gasteiger partial charge < -0.3 is 5.21 Å². The minimum atomic E-state index is -0.158. The van der Waals surface area contributed by atoms with Crippen molar-refractivity contribution < 1.29 is 5.21 Å². The lowest BCUT2D eigenvalue weighted by Crippen LogP contribution is -2.39. The molecule has 1 N–H and O–H groups in total. The highest BCUT2D eigenvalue weighted by Gasteiger charge is 2.16. The van der Waals surface area contributed by atoms with Crippen LogP contribution in [0.25, 0.3) is 0 Å². The molecular formula is C6H14N2O. The fraction of sp³-hybridized carbons (Fsp3) is 0.833. The molecule has 0 bridgehead atoms. The van der Waals surface area contributed by atoms with Gasteiger partial charge in [-0.15, -0.1) is 5.16 Å². The van der Waals surface area contributed by atoms with Crippen LogP contribution in [-0.2, 0) is 0 Å². The van der Waals surface area contributed by atoms with E-state index in [1.54, 1.807) is 0 Å².